The fourth-order valence-electron chi connectivity index (χ4n) is 2.38. The lowest BCUT2D eigenvalue weighted by atomic mass is 10.0. The summed E-state index contributed by atoms with van der Waals surface area (Å²) in [7, 11) is 0. The molecule has 0 spiro atoms. The van der Waals surface area contributed by atoms with Gasteiger partial charge in [-0.25, -0.2) is 9.49 Å². The minimum atomic E-state index is -4.40. The van der Waals surface area contributed by atoms with Crippen LogP contribution in [0.5, 0.6) is 0 Å². The molecular formula is C17H10F4N4. The van der Waals surface area contributed by atoms with Crippen LogP contribution in [0, 0.1) is 17.1 Å². The Labute approximate surface area is 139 Å². The summed E-state index contributed by atoms with van der Waals surface area (Å²) < 4.78 is 52.0. The number of nitrogens with one attached hydrogen (secondary N) is 1. The Bertz CT molecular complexity index is 937. The van der Waals surface area contributed by atoms with Crippen molar-refractivity contribution < 1.29 is 17.6 Å². The average molecular weight is 346 g/mol. The van der Waals surface area contributed by atoms with Crippen molar-refractivity contribution >= 4 is 0 Å². The third kappa shape index (κ3) is 3.50. The van der Waals surface area contributed by atoms with E-state index >= 15 is 0 Å². The maximum atomic E-state index is 14.3. The van der Waals surface area contributed by atoms with Gasteiger partial charge >= 0.3 is 6.18 Å². The SMILES string of the molecule is N#Cc1[nH]nnc1-c1ccc(Cc2ccc(C(F)(F)F)cc2)c(F)c1. The Balaban J connectivity index is 1.84. The molecule has 0 amide bonds. The molecule has 1 heterocycles. The van der Waals surface area contributed by atoms with E-state index < -0.39 is 17.6 Å². The Morgan fingerprint density at radius 1 is 1.08 bits per heavy atom. The van der Waals surface area contributed by atoms with E-state index in [1.165, 1.54) is 24.3 Å². The van der Waals surface area contributed by atoms with E-state index in [4.69, 9.17) is 5.26 Å². The molecule has 25 heavy (non-hydrogen) atoms. The van der Waals surface area contributed by atoms with E-state index in [0.29, 0.717) is 16.7 Å². The lowest BCUT2D eigenvalue weighted by Crippen LogP contribution is -2.04. The molecule has 3 rings (SSSR count). The van der Waals surface area contributed by atoms with Crippen LogP contribution in [-0.4, -0.2) is 15.4 Å². The van der Waals surface area contributed by atoms with Gasteiger partial charge in [0.1, 0.15) is 17.6 Å². The third-order valence-electron chi connectivity index (χ3n) is 3.66. The van der Waals surface area contributed by atoms with Crippen molar-refractivity contribution in [3.05, 3.63) is 70.7 Å². The monoisotopic (exact) mass is 346 g/mol. The van der Waals surface area contributed by atoms with Crippen LogP contribution in [0.15, 0.2) is 42.5 Å². The number of alkyl halides is 3. The van der Waals surface area contributed by atoms with Crippen molar-refractivity contribution in [3.63, 3.8) is 0 Å². The number of aromatic nitrogens is 3. The summed E-state index contributed by atoms with van der Waals surface area (Å²) >= 11 is 0. The second kappa shape index (κ2) is 6.36. The molecule has 1 aromatic heterocycles. The van der Waals surface area contributed by atoms with E-state index in [2.05, 4.69) is 15.4 Å². The van der Waals surface area contributed by atoms with Crippen molar-refractivity contribution in [1.82, 2.24) is 15.4 Å². The van der Waals surface area contributed by atoms with Gasteiger partial charge in [0.05, 0.1) is 5.56 Å². The number of halogens is 4. The zero-order chi connectivity index (χ0) is 18.0. The first-order chi connectivity index (χ1) is 11.9. The largest absolute Gasteiger partial charge is 0.416 e. The van der Waals surface area contributed by atoms with Gasteiger partial charge in [0, 0.05) is 12.0 Å². The predicted molar refractivity (Wildman–Crippen MR) is 80.7 cm³/mol. The molecule has 0 saturated carbocycles. The Morgan fingerprint density at radius 3 is 2.40 bits per heavy atom. The number of benzene rings is 2. The van der Waals surface area contributed by atoms with E-state index in [1.54, 1.807) is 6.07 Å². The van der Waals surface area contributed by atoms with Crippen LogP contribution in [0.4, 0.5) is 17.6 Å². The first-order valence-corrected chi connectivity index (χ1v) is 7.14. The highest BCUT2D eigenvalue weighted by Crippen LogP contribution is 2.29. The van der Waals surface area contributed by atoms with E-state index in [-0.39, 0.29) is 17.8 Å². The van der Waals surface area contributed by atoms with E-state index in [0.717, 1.165) is 12.1 Å². The summed E-state index contributed by atoms with van der Waals surface area (Å²) in [6, 6.07) is 10.8. The smallest absolute Gasteiger partial charge is 0.247 e. The molecule has 4 nitrogen and oxygen atoms in total. The topological polar surface area (TPSA) is 65.4 Å². The molecule has 0 saturated heterocycles. The summed E-state index contributed by atoms with van der Waals surface area (Å²) in [6.45, 7) is 0. The molecule has 1 N–H and O–H groups in total. The minimum Gasteiger partial charge on any atom is -0.247 e. The van der Waals surface area contributed by atoms with Gasteiger partial charge in [0.15, 0.2) is 5.69 Å². The van der Waals surface area contributed by atoms with Crippen LogP contribution in [0.3, 0.4) is 0 Å². The normalized spacial score (nSPS) is 11.3. The number of aromatic amines is 1. The number of H-pyrrole nitrogens is 1. The molecule has 0 atom stereocenters. The first-order valence-electron chi connectivity index (χ1n) is 7.14. The van der Waals surface area contributed by atoms with Gasteiger partial charge in [0.2, 0.25) is 0 Å². The lowest BCUT2D eigenvalue weighted by molar-refractivity contribution is -0.137. The number of hydrogen-bond acceptors (Lipinski definition) is 3. The Hall–Kier alpha value is -3.21. The number of nitriles is 1. The highest BCUT2D eigenvalue weighted by Gasteiger charge is 2.29. The van der Waals surface area contributed by atoms with Gasteiger partial charge in [-0.05, 0) is 29.3 Å². The third-order valence-corrected chi connectivity index (χ3v) is 3.66. The van der Waals surface area contributed by atoms with E-state index in [1.807, 2.05) is 6.07 Å². The highest BCUT2D eigenvalue weighted by atomic mass is 19.4. The van der Waals surface area contributed by atoms with Crippen molar-refractivity contribution in [2.75, 3.05) is 0 Å². The fourth-order valence-corrected chi connectivity index (χ4v) is 2.38. The lowest BCUT2D eigenvalue weighted by Gasteiger charge is -2.09. The maximum absolute atomic E-state index is 14.3. The van der Waals surface area contributed by atoms with Crippen LogP contribution in [0.2, 0.25) is 0 Å². The van der Waals surface area contributed by atoms with Gasteiger partial charge in [-0.3, -0.25) is 0 Å². The molecule has 0 bridgehead atoms. The van der Waals surface area contributed by atoms with Crippen LogP contribution in [0.1, 0.15) is 22.4 Å². The second-order valence-corrected chi connectivity index (χ2v) is 5.32. The molecule has 3 aromatic rings. The van der Waals surface area contributed by atoms with Crippen LogP contribution >= 0.6 is 0 Å². The summed E-state index contributed by atoms with van der Waals surface area (Å²) in [5.41, 5.74) is 0.878. The first kappa shape index (κ1) is 16.6. The number of nitrogens with zero attached hydrogens (tertiary/aromatic N) is 3. The van der Waals surface area contributed by atoms with Gasteiger partial charge < -0.3 is 0 Å². The van der Waals surface area contributed by atoms with Gasteiger partial charge in [-0.2, -0.15) is 18.4 Å². The molecule has 0 unspecified atom stereocenters. The molecular weight excluding hydrogens is 336 g/mol. The number of hydrogen-bond donors (Lipinski definition) is 1. The Morgan fingerprint density at radius 2 is 1.80 bits per heavy atom. The van der Waals surface area contributed by atoms with Crippen molar-refractivity contribution in [2.45, 2.75) is 12.6 Å². The van der Waals surface area contributed by atoms with Gasteiger partial charge in [-0.1, -0.05) is 29.5 Å². The van der Waals surface area contributed by atoms with Gasteiger partial charge in [0.25, 0.3) is 0 Å². The second-order valence-electron chi connectivity index (χ2n) is 5.32. The zero-order valence-corrected chi connectivity index (χ0v) is 12.6. The average Bonchev–Trinajstić information content (AvgIpc) is 3.05. The summed E-state index contributed by atoms with van der Waals surface area (Å²) in [5.74, 6) is -0.538. The maximum Gasteiger partial charge on any atom is 0.416 e. The summed E-state index contributed by atoms with van der Waals surface area (Å²) in [5, 5.41) is 18.6. The predicted octanol–water partition coefficient (Wildman–Crippen LogP) is 4.09. The molecule has 2 aromatic carbocycles. The van der Waals surface area contributed by atoms with E-state index in [9.17, 15) is 17.6 Å². The quantitative estimate of drug-likeness (QED) is 0.727. The van der Waals surface area contributed by atoms with Crippen molar-refractivity contribution in [3.8, 4) is 17.3 Å². The standard InChI is InChI=1S/C17H10F4N4/c18-14-8-12(16-15(9-22)23-25-24-16)4-3-11(14)7-10-1-5-13(6-2-10)17(19,20)21/h1-6,8H,7H2,(H,23,24,25). The molecule has 0 aliphatic rings. The molecule has 0 aliphatic heterocycles. The molecule has 0 radical (unpaired) electrons. The summed E-state index contributed by atoms with van der Waals surface area (Å²) in [4.78, 5) is 0. The Kier molecular flexibility index (Phi) is 4.23. The fraction of sp³-hybridized carbons (Fsp3) is 0.118. The van der Waals surface area contributed by atoms with Crippen LogP contribution in [-0.2, 0) is 12.6 Å². The van der Waals surface area contributed by atoms with Crippen LogP contribution in [0.25, 0.3) is 11.3 Å². The highest BCUT2D eigenvalue weighted by molar-refractivity contribution is 5.64. The molecule has 126 valence electrons. The minimum absolute atomic E-state index is 0.120. The molecule has 0 fully saturated rings. The van der Waals surface area contributed by atoms with Crippen molar-refractivity contribution in [2.24, 2.45) is 0 Å². The number of rotatable bonds is 3. The zero-order valence-electron chi connectivity index (χ0n) is 12.6. The van der Waals surface area contributed by atoms with Gasteiger partial charge in [-0.15, -0.1) is 5.10 Å². The summed E-state index contributed by atoms with van der Waals surface area (Å²) in [6.07, 6.45) is -4.25. The van der Waals surface area contributed by atoms with Crippen molar-refractivity contribution in [1.29, 1.82) is 5.26 Å². The molecule has 0 aliphatic carbocycles. The molecule has 8 heteroatoms. The van der Waals surface area contributed by atoms with Crippen LogP contribution < -0.4 is 0 Å².